The van der Waals surface area contributed by atoms with Crippen molar-refractivity contribution in [3.63, 3.8) is 0 Å². The van der Waals surface area contributed by atoms with Crippen LogP contribution in [-0.4, -0.2) is 46.0 Å². The Morgan fingerprint density at radius 2 is 1.85 bits per heavy atom. The van der Waals surface area contributed by atoms with Gasteiger partial charge in [-0.3, -0.25) is 19.5 Å². The van der Waals surface area contributed by atoms with Crippen LogP contribution in [0.4, 0.5) is 10.2 Å². The molecule has 0 saturated heterocycles. The van der Waals surface area contributed by atoms with E-state index in [0.717, 1.165) is 28.1 Å². The molecule has 0 aliphatic carbocycles. The molecular formula is C31H32FN5O3S. The smallest absolute Gasteiger partial charge is 0.240 e. The SMILES string of the molecule is COc1ccc(-n2nc(C(C)(C)C)c3c2N(CC(=O)NCc2cccnc2)C(=O)CS[C@H]3c2ccc(F)cc2)cc1. The Balaban J connectivity index is 1.64. The van der Waals surface area contributed by atoms with Crippen molar-refractivity contribution in [3.8, 4) is 11.4 Å². The number of thioether (sulfide) groups is 1. The van der Waals surface area contributed by atoms with Crippen LogP contribution in [0, 0.1) is 5.82 Å². The number of aromatic nitrogens is 3. The number of amides is 2. The third kappa shape index (κ3) is 6.12. The second-order valence-electron chi connectivity index (χ2n) is 10.8. The number of hydrogen-bond acceptors (Lipinski definition) is 6. The average Bonchev–Trinajstić information content (AvgIpc) is 3.31. The summed E-state index contributed by atoms with van der Waals surface area (Å²) in [7, 11) is 1.60. The zero-order valence-corrected chi connectivity index (χ0v) is 24.2. The highest BCUT2D eigenvalue weighted by molar-refractivity contribution is 8.00. The zero-order chi connectivity index (χ0) is 29.1. The molecule has 0 spiro atoms. The first-order valence-electron chi connectivity index (χ1n) is 13.3. The quantitative estimate of drug-likeness (QED) is 0.327. The van der Waals surface area contributed by atoms with Gasteiger partial charge in [0.2, 0.25) is 11.8 Å². The molecule has 1 aliphatic heterocycles. The minimum absolute atomic E-state index is 0.138. The van der Waals surface area contributed by atoms with Crippen LogP contribution >= 0.6 is 11.8 Å². The number of hydrogen-bond donors (Lipinski definition) is 1. The minimum Gasteiger partial charge on any atom is -0.497 e. The number of halogens is 1. The van der Waals surface area contributed by atoms with Gasteiger partial charge in [-0.15, -0.1) is 11.8 Å². The summed E-state index contributed by atoms with van der Waals surface area (Å²) in [6.45, 7) is 6.31. The Bertz CT molecular complexity index is 1530. The van der Waals surface area contributed by atoms with Crippen LogP contribution in [-0.2, 0) is 21.5 Å². The topological polar surface area (TPSA) is 89.3 Å². The number of anilines is 1. The summed E-state index contributed by atoms with van der Waals surface area (Å²) in [6.07, 6.45) is 3.36. The first kappa shape index (κ1) is 28.4. The molecule has 2 amide bonds. The minimum atomic E-state index is -0.401. The number of fused-ring (bicyclic) bond motifs is 1. The van der Waals surface area contributed by atoms with E-state index in [1.165, 1.54) is 28.8 Å². The number of nitrogens with zero attached hydrogens (tertiary/aromatic N) is 4. The molecule has 41 heavy (non-hydrogen) atoms. The van der Waals surface area contributed by atoms with Crippen LogP contribution in [0.5, 0.6) is 5.75 Å². The fourth-order valence-corrected chi connectivity index (χ4v) is 5.98. The molecule has 1 N–H and O–H groups in total. The summed E-state index contributed by atoms with van der Waals surface area (Å²) in [5, 5.41) is 7.67. The van der Waals surface area contributed by atoms with Crippen molar-refractivity contribution >= 4 is 29.4 Å². The van der Waals surface area contributed by atoms with Gasteiger partial charge in [0.1, 0.15) is 23.9 Å². The van der Waals surface area contributed by atoms with Crippen molar-refractivity contribution in [3.05, 3.63) is 101 Å². The largest absolute Gasteiger partial charge is 0.497 e. The van der Waals surface area contributed by atoms with E-state index in [9.17, 15) is 14.0 Å². The molecule has 0 bridgehead atoms. The van der Waals surface area contributed by atoms with Gasteiger partial charge in [0.15, 0.2) is 0 Å². The molecule has 8 nitrogen and oxygen atoms in total. The molecule has 2 aromatic heterocycles. The maximum Gasteiger partial charge on any atom is 0.240 e. The summed E-state index contributed by atoms with van der Waals surface area (Å²) in [6, 6.07) is 17.4. The van der Waals surface area contributed by atoms with E-state index >= 15 is 0 Å². The van der Waals surface area contributed by atoms with E-state index in [-0.39, 0.29) is 35.2 Å². The van der Waals surface area contributed by atoms with E-state index in [2.05, 4.69) is 31.1 Å². The Kier molecular flexibility index (Phi) is 8.12. The molecular weight excluding hydrogens is 541 g/mol. The van der Waals surface area contributed by atoms with Crippen LogP contribution < -0.4 is 15.0 Å². The number of rotatable bonds is 7. The van der Waals surface area contributed by atoms with E-state index in [1.54, 1.807) is 42.4 Å². The van der Waals surface area contributed by atoms with Gasteiger partial charge in [0.05, 0.1) is 29.5 Å². The molecule has 212 valence electrons. The fourth-order valence-electron chi connectivity index (χ4n) is 4.78. The predicted octanol–water partition coefficient (Wildman–Crippen LogP) is 5.20. The Morgan fingerprint density at radius 3 is 2.49 bits per heavy atom. The third-order valence-corrected chi connectivity index (χ3v) is 8.06. The number of carbonyl (C=O) groups excluding carboxylic acids is 2. The molecule has 4 aromatic rings. The van der Waals surface area contributed by atoms with Gasteiger partial charge in [-0.2, -0.15) is 5.10 Å². The maximum atomic E-state index is 13.9. The Morgan fingerprint density at radius 1 is 1.12 bits per heavy atom. The fraction of sp³-hybridized carbons (Fsp3) is 0.290. The Labute approximate surface area is 242 Å². The van der Waals surface area contributed by atoms with Crippen LogP contribution in [0.25, 0.3) is 5.69 Å². The summed E-state index contributed by atoms with van der Waals surface area (Å²) in [5.74, 6) is 0.497. The molecule has 1 atom stereocenters. The predicted molar refractivity (Wildman–Crippen MR) is 158 cm³/mol. The number of methoxy groups -OCH3 is 1. The molecule has 10 heteroatoms. The summed E-state index contributed by atoms with van der Waals surface area (Å²) < 4.78 is 21.0. The molecule has 0 saturated carbocycles. The number of benzene rings is 2. The molecule has 0 radical (unpaired) electrons. The van der Waals surface area contributed by atoms with Gasteiger partial charge >= 0.3 is 0 Å². The van der Waals surface area contributed by atoms with Crippen molar-refractivity contribution in [2.75, 3.05) is 24.3 Å². The lowest BCUT2D eigenvalue weighted by atomic mass is 9.87. The van der Waals surface area contributed by atoms with E-state index in [0.29, 0.717) is 18.1 Å². The second kappa shape index (κ2) is 11.7. The maximum absolute atomic E-state index is 13.9. The highest BCUT2D eigenvalue weighted by atomic mass is 32.2. The van der Waals surface area contributed by atoms with Gasteiger partial charge < -0.3 is 10.1 Å². The lowest BCUT2D eigenvalue weighted by molar-refractivity contribution is -0.123. The lowest BCUT2D eigenvalue weighted by Gasteiger charge is -2.24. The molecule has 0 unspecified atom stereocenters. The van der Waals surface area contributed by atoms with Crippen molar-refractivity contribution in [1.29, 1.82) is 0 Å². The monoisotopic (exact) mass is 573 g/mol. The molecule has 1 aliphatic rings. The second-order valence-corrected chi connectivity index (χ2v) is 11.9. The average molecular weight is 574 g/mol. The molecule has 5 rings (SSSR count). The van der Waals surface area contributed by atoms with Crippen LogP contribution in [0.1, 0.15) is 48.4 Å². The van der Waals surface area contributed by atoms with Gasteiger partial charge in [-0.1, -0.05) is 39.0 Å². The van der Waals surface area contributed by atoms with E-state index < -0.39 is 5.41 Å². The number of carbonyl (C=O) groups is 2. The van der Waals surface area contributed by atoms with Gasteiger partial charge in [0, 0.05) is 29.9 Å². The van der Waals surface area contributed by atoms with Crippen LogP contribution in [0.2, 0.25) is 0 Å². The Hall–Kier alpha value is -4.18. The van der Waals surface area contributed by atoms with Crippen molar-refractivity contribution in [2.45, 2.75) is 38.0 Å². The highest BCUT2D eigenvalue weighted by Gasteiger charge is 2.40. The number of pyridine rings is 1. The normalized spacial score (nSPS) is 15.3. The first-order chi connectivity index (χ1) is 19.7. The first-order valence-corrected chi connectivity index (χ1v) is 14.3. The molecule has 3 heterocycles. The third-order valence-electron chi connectivity index (χ3n) is 6.80. The van der Waals surface area contributed by atoms with Gasteiger partial charge in [-0.05, 0) is 53.6 Å². The van der Waals surface area contributed by atoms with Crippen LogP contribution in [0.3, 0.4) is 0 Å². The zero-order valence-electron chi connectivity index (χ0n) is 23.4. The summed E-state index contributed by atoms with van der Waals surface area (Å²) in [4.78, 5) is 32.6. The van der Waals surface area contributed by atoms with Crippen molar-refractivity contribution in [2.24, 2.45) is 0 Å². The van der Waals surface area contributed by atoms with E-state index in [1.807, 2.05) is 30.3 Å². The van der Waals surface area contributed by atoms with Gasteiger partial charge in [0.25, 0.3) is 0 Å². The number of ether oxygens (including phenoxy) is 1. The molecule has 0 fully saturated rings. The standard InChI is InChI=1S/C31H32FN5O3S/c1-31(2,3)29-27-28(21-7-9-22(32)10-8-21)41-19-26(39)36(18-25(38)34-17-20-6-5-15-33-16-20)30(27)37(35-29)23-11-13-24(40-4)14-12-23/h5-16,28H,17-19H2,1-4H3,(H,34,38)/t28-/m0/s1. The van der Waals surface area contributed by atoms with Gasteiger partial charge in [-0.25, -0.2) is 9.07 Å². The van der Waals surface area contributed by atoms with Crippen LogP contribution in [0.15, 0.2) is 73.1 Å². The lowest BCUT2D eigenvalue weighted by Crippen LogP contribution is -2.42. The summed E-state index contributed by atoms with van der Waals surface area (Å²) in [5.41, 5.74) is 3.65. The molecule has 2 aromatic carbocycles. The number of nitrogens with one attached hydrogen (secondary N) is 1. The summed E-state index contributed by atoms with van der Waals surface area (Å²) >= 11 is 1.45. The van der Waals surface area contributed by atoms with Crippen molar-refractivity contribution in [1.82, 2.24) is 20.1 Å². The van der Waals surface area contributed by atoms with E-state index in [4.69, 9.17) is 9.84 Å². The van der Waals surface area contributed by atoms with Crippen molar-refractivity contribution < 1.29 is 18.7 Å². The highest BCUT2D eigenvalue weighted by Crippen LogP contribution is 2.48.